The van der Waals surface area contributed by atoms with E-state index in [1.807, 2.05) is 0 Å². The molecule has 7 heteroatoms. The van der Waals surface area contributed by atoms with Crippen molar-refractivity contribution in [3.63, 3.8) is 0 Å². The lowest BCUT2D eigenvalue weighted by molar-refractivity contribution is -0.144. The van der Waals surface area contributed by atoms with Crippen LogP contribution in [0.4, 0.5) is 0 Å². The fraction of sp³-hybridized carbons (Fsp3) is 0.385. The van der Waals surface area contributed by atoms with Gasteiger partial charge in [-0.3, -0.25) is 4.79 Å². The van der Waals surface area contributed by atoms with Gasteiger partial charge in [-0.15, -0.1) is 0 Å². The maximum atomic E-state index is 11.8. The van der Waals surface area contributed by atoms with Crippen LogP contribution >= 0.6 is 0 Å². The number of amides is 1. The number of carbonyl (C=O) groups is 2. The van der Waals surface area contributed by atoms with Crippen molar-refractivity contribution in [3.8, 4) is 5.75 Å². The number of hydrogen-bond acceptors (Lipinski definition) is 5. The van der Waals surface area contributed by atoms with Crippen LogP contribution in [0.1, 0.15) is 12.5 Å². The monoisotopic (exact) mass is 282 g/mol. The van der Waals surface area contributed by atoms with E-state index in [4.69, 9.17) is 15.9 Å². The van der Waals surface area contributed by atoms with Crippen molar-refractivity contribution in [3.05, 3.63) is 29.8 Å². The molecule has 0 fully saturated rings. The Balaban J connectivity index is 2.62. The molecule has 0 aliphatic carbocycles. The van der Waals surface area contributed by atoms with E-state index in [-0.39, 0.29) is 12.2 Å². The molecule has 7 nitrogen and oxygen atoms in total. The number of carboxylic acid groups (broad SMARTS) is 1. The lowest BCUT2D eigenvalue weighted by atomic mass is 10.0. The van der Waals surface area contributed by atoms with Crippen molar-refractivity contribution in [1.29, 1.82) is 0 Å². The Hall–Kier alpha value is -2.12. The normalized spacial score (nSPS) is 15.2. The molecule has 20 heavy (non-hydrogen) atoms. The molecule has 0 heterocycles. The number of carboxylic acids is 1. The van der Waals surface area contributed by atoms with Crippen molar-refractivity contribution in [2.75, 3.05) is 0 Å². The maximum Gasteiger partial charge on any atom is 0.328 e. The molecule has 0 spiro atoms. The Bertz CT molecular complexity index is 472. The van der Waals surface area contributed by atoms with E-state index < -0.39 is 30.1 Å². The molecule has 0 bridgehead atoms. The van der Waals surface area contributed by atoms with Crippen LogP contribution in [0, 0.1) is 0 Å². The molecule has 1 aromatic carbocycles. The first-order valence-electron chi connectivity index (χ1n) is 6.06. The molecule has 110 valence electrons. The number of hydrogen-bond donors (Lipinski definition) is 5. The highest BCUT2D eigenvalue weighted by molar-refractivity contribution is 5.87. The predicted molar refractivity (Wildman–Crippen MR) is 71.0 cm³/mol. The van der Waals surface area contributed by atoms with Crippen LogP contribution in [0.3, 0.4) is 0 Å². The van der Waals surface area contributed by atoms with E-state index in [1.165, 1.54) is 19.1 Å². The summed E-state index contributed by atoms with van der Waals surface area (Å²) < 4.78 is 0. The number of phenols is 1. The lowest BCUT2D eigenvalue weighted by Crippen LogP contribution is -2.53. The second kappa shape index (κ2) is 6.88. The number of aliphatic carboxylic acids is 1. The molecule has 0 saturated carbocycles. The van der Waals surface area contributed by atoms with Gasteiger partial charge < -0.3 is 26.4 Å². The first-order chi connectivity index (χ1) is 9.31. The summed E-state index contributed by atoms with van der Waals surface area (Å²) in [7, 11) is 0. The predicted octanol–water partition coefficient (Wildman–Crippen LogP) is -0.788. The average Bonchev–Trinajstić information content (AvgIpc) is 2.37. The van der Waals surface area contributed by atoms with E-state index >= 15 is 0 Å². The van der Waals surface area contributed by atoms with Crippen LogP contribution in [0.25, 0.3) is 0 Å². The summed E-state index contributed by atoms with van der Waals surface area (Å²) in [5.74, 6) is -1.89. The van der Waals surface area contributed by atoms with Gasteiger partial charge in [0.2, 0.25) is 5.91 Å². The Morgan fingerprint density at radius 3 is 2.30 bits per heavy atom. The Morgan fingerprint density at radius 1 is 1.30 bits per heavy atom. The van der Waals surface area contributed by atoms with Crippen LogP contribution < -0.4 is 11.1 Å². The molecule has 3 atom stereocenters. The standard InChI is InChI=1S/C13H18N2O5/c1-7(16)11(13(19)20)15-12(18)10(14)6-8-2-4-9(17)5-3-8/h2-5,7,10-11,16-17H,6,14H2,1H3,(H,15,18)(H,19,20). The summed E-state index contributed by atoms with van der Waals surface area (Å²) in [4.78, 5) is 22.6. The molecule has 1 amide bonds. The van der Waals surface area contributed by atoms with Crippen molar-refractivity contribution in [2.24, 2.45) is 5.73 Å². The van der Waals surface area contributed by atoms with E-state index in [1.54, 1.807) is 12.1 Å². The zero-order valence-electron chi connectivity index (χ0n) is 11.0. The molecule has 0 aromatic heterocycles. The van der Waals surface area contributed by atoms with Crippen LogP contribution in [-0.4, -0.2) is 45.4 Å². The minimum absolute atomic E-state index is 0.104. The Kier molecular flexibility index (Phi) is 5.48. The summed E-state index contributed by atoms with van der Waals surface area (Å²) in [6.45, 7) is 1.27. The van der Waals surface area contributed by atoms with Gasteiger partial charge in [0, 0.05) is 0 Å². The second-order valence-electron chi connectivity index (χ2n) is 4.54. The van der Waals surface area contributed by atoms with Gasteiger partial charge in [0.1, 0.15) is 5.75 Å². The molecule has 1 rings (SSSR count). The average molecular weight is 282 g/mol. The Labute approximate surface area is 116 Å². The number of benzene rings is 1. The number of rotatable bonds is 6. The van der Waals surface area contributed by atoms with Gasteiger partial charge in [-0.2, -0.15) is 0 Å². The number of aromatic hydroxyl groups is 1. The number of phenolic OH excluding ortho intramolecular Hbond substituents is 1. The highest BCUT2D eigenvalue weighted by atomic mass is 16.4. The van der Waals surface area contributed by atoms with Crippen molar-refractivity contribution < 1.29 is 24.9 Å². The van der Waals surface area contributed by atoms with Crippen LogP contribution in [0.15, 0.2) is 24.3 Å². The fourth-order valence-corrected chi connectivity index (χ4v) is 1.63. The number of aliphatic hydroxyl groups is 1. The zero-order chi connectivity index (χ0) is 15.3. The van der Waals surface area contributed by atoms with Crippen molar-refractivity contribution in [2.45, 2.75) is 31.5 Å². The van der Waals surface area contributed by atoms with E-state index in [0.717, 1.165) is 5.56 Å². The highest BCUT2D eigenvalue weighted by Crippen LogP contribution is 2.11. The molecule has 1 aromatic rings. The third kappa shape index (κ3) is 4.52. The van der Waals surface area contributed by atoms with E-state index in [0.29, 0.717) is 0 Å². The molecule has 6 N–H and O–H groups in total. The third-order valence-electron chi connectivity index (χ3n) is 2.77. The van der Waals surface area contributed by atoms with Crippen LogP contribution in [-0.2, 0) is 16.0 Å². The maximum absolute atomic E-state index is 11.8. The number of carbonyl (C=O) groups excluding carboxylic acids is 1. The smallest absolute Gasteiger partial charge is 0.328 e. The van der Waals surface area contributed by atoms with Gasteiger partial charge in [-0.25, -0.2) is 4.79 Å². The summed E-state index contributed by atoms with van der Waals surface area (Å²) >= 11 is 0. The lowest BCUT2D eigenvalue weighted by Gasteiger charge is -2.19. The molecular formula is C13H18N2O5. The first kappa shape index (κ1) is 15.9. The highest BCUT2D eigenvalue weighted by Gasteiger charge is 2.27. The number of aliphatic hydroxyl groups excluding tert-OH is 1. The number of nitrogens with two attached hydrogens (primary N) is 1. The van der Waals surface area contributed by atoms with Gasteiger partial charge in [-0.1, -0.05) is 12.1 Å². The minimum atomic E-state index is -1.40. The summed E-state index contributed by atoms with van der Waals surface area (Å²) in [6.07, 6.45) is -1.03. The zero-order valence-corrected chi connectivity index (χ0v) is 11.0. The molecule has 3 unspecified atom stereocenters. The van der Waals surface area contributed by atoms with E-state index in [2.05, 4.69) is 5.32 Å². The van der Waals surface area contributed by atoms with Gasteiger partial charge in [0.15, 0.2) is 6.04 Å². The molecule has 0 aliphatic rings. The van der Waals surface area contributed by atoms with Crippen LogP contribution in [0.2, 0.25) is 0 Å². The quantitative estimate of drug-likeness (QED) is 0.464. The molecule has 0 aliphatic heterocycles. The van der Waals surface area contributed by atoms with Gasteiger partial charge >= 0.3 is 5.97 Å². The van der Waals surface area contributed by atoms with Crippen molar-refractivity contribution in [1.82, 2.24) is 5.32 Å². The van der Waals surface area contributed by atoms with Crippen molar-refractivity contribution >= 4 is 11.9 Å². The van der Waals surface area contributed by atoms with Gasteiger partial charge in [0.25, 0.3) is 0 Å². The minimum Gasteiger partial charge on any atom is -0.508 e. The summed E-state index contributed by atoms with van der Waals surface area (Å²) in [5, 5.41) is 29.4. The second-order valence-corrected chi connectivity index (χ2v) is 4.54. The van der Waals surface area contributed by atoms with Crippen LogP contribution in [0.5, 0.6) is 5.75 Å². The number of nitrogens with one attached hydrogen (secondary N) is 1. The molecule has 0 saturated heterocycles. The van der Waals surface area contributed by atoms with Gasteiger partial charge in [-0.05, 0) is 31.0 Å². The molecule has 0 radical (unpaired) electrons. The fourth-order valence-electron chi connectivity index (χ4n) is 1.63. The first-order valence-corrected chi connectivity index (χ1v) is 6.06. The Morgan fingerprint density at radius 2 is 1.85 bits per heavy atom. The summed E-state index contributed by atoms with van der Waals surface area (Å²) in [6, 6.07) is 3.83. The topological polar surface area (TPSA) is 133 Å². The van der Waals surface area contributed by atoms with E-state index in [9.17, 15) is 14.7 Å². The third-order valence-corrected chi connectivity index (χ3v) is 2.77. The summed E-state index contributed by atoms with van der Waals surface area (Å²) in [5.41, 5.74) is 6.42. The van der Waals surface area contributed by atoms with Gasteiger partial charge in [0.05, 0.1) is 12.1 Å². The SMILES string of the molecule is CC(O)C(NC(=O)C(N)Cc1ccc(O)cc1)C(=O)O. The largest absolute Gasteiger partial charge is 0.508 e. The molecular weight excluding hydrogens is 264 g/mol.